The number of fused-ring (bicyclic) bond motifs is 1. The molecule has 1 unspecified atom stereocenters. The van der Waals surface area contributed by atoms with Crippen molar-refractivity contribution in [2.24, 2.45) is 0 Å². The molecule has 3 rings (SSSR count). The number of likely N-dealkylation sites (N-methyl/N-ethyl adjacent to an activating group) is 1. The van der Waals surface area contributed by atoms with Crippen LogP contribution in [0.15, 0.2) is 18.2 Å². The average Bonchev–Trinajstić information content (AvgIpc) is 2.61. The molecule has 0 bridgehead atoms. The average molecular weight is 262 g/mol. The van der Waals surface area contributed by atoms with E-state index in [4.69, 9.17) is 9.47 Å². The van der Waals surface area contributed by atoms with Gasteiger partial charge < -0.3 is 19.7 Å². The molecule has 1 amide bonds. The second-order valence-electron chi connectivity index (χ2n) is 4.93. The molecule has 1 aromatic rings. The van der Waals surface area contributed by atoms with Crippen molar-refractivity contribution >= 4 is 5.91 Å². The number of hydrogen-bond acceptors (Lipinski definition) is 4. The second kappa shape index (κ2) is 5.09. The van der Waals surface area contributed by atoms with Crippen LogP contribution in [0.3, 0.4) is 0 Å². The van der Waals surface area contributed by atoms with Crippen LogP contribution in [0.2, 0.25) is 0 Å². The van der Waals surface area contributed by atoms with Crippen LogP contribution in [0.4, 0.5) is 0 Å². The van der Waals surface area contributed by atoms with E-state index in [0.29, 0.717) is 32.7 Å². The summed E-state index contributed by atoms with van der Waals surface area (Å²) in [7, 11) is 1.85. The number of hydrogen-bond donors (Lipinski definition) is 1. The smallest absolute Gasteiger partial charge is 0.223 e. The van der Waals surface area contributed by atoms with Gasteiger partial charge in [-0.25, -0.2) is 0 Å². The molecule has 0 spiro atoms. The van der Waals surface area contributed by atoms with E-state index in [-0.39, 0.29) is 11.9 Å². The van der Waals surface area contributed by atoms with Crippen LogP contribution in [0.25, 0.3) is 0 Å². The highest BCUT2D eigenvalue weighted by molar-refractivity contribution is 5.76. The lowest BCUT2D eigenvalue weighted by molar-refractivity contribution is -0.129. The zero-order valence-electron chi connectivity index (χ0n) is 11.0. The van der Waals surface area contributed by atoms with E-state index < -0.39 is 0 Å². The number of rotatable bonds is 1. The zero-order chi connectivity index (χ0) is 13.2. The van der Waals surface area contributed by atoms with Crippen molar-refractivity contribution in [1.29, 1.82) is 0 Å². The number of carbonyl (C=O) groups is 1. The molecular formula is C14H18N2O3. The van der Waals surface area contributed by atoms with E-state index in [2.05, 4.69) is 5.32 Å². The van der Waals surface area contributed by atoms with E-state index in [1.54, 1.807) is 4.90 Å². The maximum absolute atomic E-state index is 11.7. The van der Waals surface area contributed by atoms with Crippen LogP contribution >= 0.6 is 0 Å². The van der Waals surface area contributed by atoms with Gasteiger partial charge in [0.05, 0.1) is 6.04 Å². The predicted octanol–water partition coefficient (Wildman–Crippen LogP) is 0.951. The van der Waals surface area contributed by atoms with Gasteiger partial charge in [0, 0.05) is 26.6 Å². The highest BCUT2D eigenvalue weighted by atomic mass is 16.6. The molecule has 2 aliphatic rings. The topological polar surface area (TPSA) is 50.8 Å². The first-order valence-corrected chi connectivity index (χ1v) is 6.61. The molecule has 1 atom stereocenters. The summed E-state index contributed by atoms with van der Waals surface area (Å²) < 4.78 is 11.1. The van der Waals surface area contributed by atoms with E-state index in [1.807, 2.05) is 25.2 Å². The van der Waals surface area contributed by atoms with Crippen molar-refractivity contribution < 1.29 is 14.3 Å². The number of carbonyl (C=O) groups excluding carboxylic acids is 1. The minimum absolute atomic E-state index is 0.146. The minimum atomic E-state index is 0.146. The van der Waals surface area contributed by atoms with Crippen LogP contribution in [0.5, 0.6) is 11.5 Å². The number of benzene rings is 1. The fourth-order valence-corrected chi connectivity index (χ4v) is 2.48. The summed E-state index contributed by atoms with van der Waals surface area (Å²) in [5.41, 5.74) is 1.13. The lowest BCUT2D eigenvalue weighted by atomic mass is 10.1. The Hall–Kier alpha value is -1.75. The van der Waals surface area contributed by atoms with Gasteiger partial charge in [0.2, 0.25) is 5.91 Å². The van der Waals surface area contributed by atoms with Gasteiger partial charge in [-0.3, -0.25) is 4.79 Å². The minimum Gasteiger partial charge on any atom is -0.486 e. The molecule has 1 N–H and O–H groups in total. The largest absolute Gasteiger partial charge is 0.486 e. The van der Waals surface area contributed by atoms with Gasteiger partial charge in [-0.2, -0.15) is 0 Å². The third-order valence-electron chi connectivity index (χ3n) is 3.58. The van der Waals surface area contributed by atoms with Crippen molar-refractivity contribution in [1.82, 2.24) is 10.2 Å². The van der Waals surface area contributed by atoms with Gasteiger partial charge >= 0.3 is 0 Å². The van der Waals surface area contributed by atoms with Gasteiger partial charge in [-0.05, 0) is 17.7 Å². The van der Waals surface area contributed by atoms with Gasteiger partial charge in [-0.15, -0.1) is 0 Å². The normalized spacial score (nSPS) is 23.1. The van der Waals surface area contributed by atoms with Crippen molar-refractivity contribution in [3.63, 3.8) is 0 Å². The Morgan fingerprint density at radius 3 is 2.89 bits per heavy atom. The Bertz CT molecular complexity index is 490. The Labute approximate surface area is 112 Å². The van der Waals surface area contributed by atoms with Gasteiger partial charge in [0.25, 0.3) is 0 Å². The summed E-state index contributed by atoms with van der Waals surface area (Å²) in [4.78, 5) is 13.4. The molecule has 102 valence electrons. The molecule has 0 radical (unpaired) electrons. The van der Waals surface area contributed by atoms with Gasteiger partial charge in [0.15, 0.2) is 11.5 Å². The van der Waals surface area contributed by atoms with Crippen molar-refractivity contribution in [3.05, 3.63) is 23.8 Å². The molecule has 0 saturated carbocycles. The maximum atomic E-state index is 11.7. The number of nitrogens with zero attached hydrogens (tertiary/aromatic N) is 1. The van der Waals surface area contributed by atoms with Gasteiger partial charge in [0.1, 0.15) is 13.2 Å². The predicted molar refractivity (Wildman–Crippen MR) is 70.4 cm³/mol. The van der Waals surface area contributed by atoms with Crippen LogP contribution in [0, 0.1) is 0 Å². The van der Waals surface area contributed by atoms with E-state index >= 15 is 0 Å². The lowest BCUT2D eigenvalue weighted by Crippen LogP contribution is -2.31. The highest BCUT2D eigenvalue weighted by Crippen LogP contribution is 2.33. The summed E-state index contributed by atoms with van der Waals surface area (Å²) in [6.45, 7) is 2.58. The first kappa shape index (κ1) is 12.3. The molecule has 2 aliphatic heterocycles. The SMILES string of the molecule is CN1CC(c2ccc3c(c2)OCCO3)NCCC1=O. The first-order chi connectivity index (χ1) is 9.24. The van der Waals surface area contributed by atoms with Gasteiger partial charge in [-0.1, -0.05) is 6.07 Å². The highest BCUT2D eigenvalue weighted by Gasteiger charge is 2.22. The summed E-state index contributed by atoms with van der Waals surface area (Å²) in [5.74, 6) is 1.78. The molecule has 0 aromatic heterocycles. The Morgan fingerprint density at radius 2 is 2.05 bits per heavy atom. The van der Waals surface area contributed by atoms with Crippen molar-refractivity contribution in [3.8, 4) is 11.5 Å². The monoisotopic (exact) mass is 262 g/mol. The van der Waals surface area contributed by atoms with E-state index in [9.17, 15) is 4.79 Å². The Kier molecular flexibility index (Phi) is 3.29. The maximum Gasteiger partial charge on any atom is 0.223 e. The third-order valence-corrected chi connectivity index (χ3v) is 3.58. The molecular weight excluding hydrogens is 244 g/mol. The molecule has 1 aromatic carbocycles. The fraction of sp³-hybridized carbons (Fsp3) is 0.500. The Morgan fingerprint density at radius 1 is 1.26 bits per heavy atom. The lowest BCUT2D eigenvalue weighted by Gasteiger charge is -2.24. The van der Waals surface area contributed by atoms with Crippen LogP contribution in [-0.4, -0.2) is 44.2 Å². The third kappa shape index (κ3) is 2.51. The van der Waals surface area contributed by atoms with Crippen LogP contribution in [0.1, 0.15) is 18.0 Å². The van der Waals surface area contributed by atoms with Crippen LogP contribution in [-0.2, 0) is 4.79 Å². The molecule has 5 heteroatoms. The van der Waals surface area contributed by atoms with Crippen molar-refractivity contribution in [2.75, 3.05) is 33.4 Å². The second-order valence-corrected chi connectivity index (χ2v) is 4.93. The number of ether oxygens (including phenoxy) is 2. The van der Waals surface area contributed by atoms with Crippen LogP contribution < -0.4 is 14.8 Å². The molecule has 1 fully saturated rings. The summed E-state index contributed by atoms with van der Waals surface area (Å²) in [6, 6.07) is 6.13. The van der Waals surface area contributed by atoms with Crippen molar-refractivity contribution in [2.45, 2.75) is 12.5 Å². The standard InChI is InChI=1S/C14H18N2O3/c1-16-9-11(15-5-4-14(16)17)10-2-3-12-13(8-10)19-7-6-18-12/h2-3,8,11,15H,4-7,9H2,1H3. The zero-order valence-corrected chi connectivity index (χ0v) is 11.0. The summed E-state index contributed by atoms with van der Waals surface area (Å²) in [5, 5.41) is 3.41. The molecule has 2 heterocycles. The quantitative estimate of drug-likeness (QED) is 0.818. The Balaban J connectivity index is 1.83. The fourth-order valence-electron chi connectivity index (χ4n) is 2.48. The molecule has 1 saturated heterocycles. The summed E-state index contributed by atoms with van der Waals surface area (Å²) in [6.07, 6.45) is 0.553. The van der Waals surface area contributed by atoms with E-state index in [0.717, 1.165) is 17.1 Å². The molecule has 19 heavy (non-hydrogen) atoms. The molecule has 5 nitrogen and oxygen atoms in total. The number of nitrogens with one attached hydrogen (secondary N) is 1. The van der Waals surface area contributed by atoms with E-state index in [1.165, 1.54) is 0 Å². The summed E-state index contributed by atoms with van der Waals surface area (Å²) >= 11 is 0. The molecule has 0 aliphatic carbocycles. The number of amides is 1. The first-order valence-electron chi connectivity index (χ1n) is 6.61.